The molecule has 10 atom stereocenters. The van der Waals surface area contributed by atoms with Crippen molar-refractivity contribution in [2.75, 3.05) is 26.2 Å². The third-order valence-electron chi connectivity index (χ3n) is 11.8. The van der Waals surface area contributed by atoms with Crippen LogP contribution in [0, 0.1) is 11.8 Å². The molecule has 4 aliphatic rings. The van der Waals surface area contributed by atoms with Gasteiger partial charge < -0.3 is 39.2 Å². The first-order valence-corrected chi connectivity index (χ1v) is 20.4. The number of aliphatic hydroxyl groups is 3. The molecule has 3 fully saturated rings. The molecule has 1 aliphatic carbocycles. The van der Waals surface area contributed by atoms with Crippen molar-refractivity contribution >= 4 is 18.0 Å². The van der Waals surface area contributed by atoms with Crippen LogP contribution < -0.4 is 0 Å². The predicted octanol–water partition coefficient (Wildman–Crippen LogP) is 5.62. The van der Waals surface area contributed by atoms with Gasteiger partial charge in [0.05, 0.1) is 30.3 Å². The Bertz CT molecular complexity index is 1330. The number of allylic oxidation sites excluding steroid dienone is 2. The van der Waals surface area contributed by atoms with Crippen molar-refractivity contribution in [1.29, 1.82) is 0 Å². The van der Waals surface area contributed by atoms with Gasteiger partial charge in [-0.3, -0.25) is 14.5 Å². The highest BCUT2D eigenvalue weighted by Crippen LogP contribution is 2.38. The van der Waals surface area contributed by atoms with E-state index in [0.717, 1.165) is 13.1 Å². The molecular weight excluding hydrogens is 692 g/mol. The molecule has 3 N–H and O–H groups in total. The van der Waals surface area contributed by atoms with Crippen LogP contribution in [0.1, 0.15) is 119 Å². The number of piperazine rings is 1. The van der Waals surface area contributed by atoms with Crippen molar-refractivity contribution in [3.05, 3.63) is 36.0 Å². The quantitative estimate of drug-likeness (QED) is 0.0600. The SMILES string of the molecule is CC[C@H](OC(C)=O)[C@@H](C)[C@H]1O[C@@H]1C[C@@](C)(O)/C=C/C=C(\C)[C@H]1OC(=O)C[C@H](O)CC[C@@](C)(O)[C@@H](OC(=O)N2CCN(C3CCCCCC3)CC2)/C=C/[C@@H]1C. The van der Waals surface area contributed by atoms with E-state index >= 15 is 0 Å². The molecule has 12 heteroatoms. The molecule has 0 aromatic heterocycles. The second kappa shape index (κ2) is 19.9. The van der Waals surface area contributed by atoms with E-state index in [1.54, 1.807) is 49.1 Å². The van der Waals surface area contributed by atoms with Crippen LogP contribution in [0.4, 0.5) is 4.79 Å². The molecule has 4 rings (SSSR count). The summed E-state index contributed by atoms with van der Waals surface area (Å²) < 4.78 is 23.2. The fourth-order valence-corrected chi connectivity index (χ4v) is 8.27. The minimum atomic E-state index is -1.49. The van der Waals surface area contributed by atoms with Gasteiger partial charge in [-0.25, -0.2) is 4.79 Å². The highest BCUT2D eigenvalue weighted by atomic mass is 16.6. The average Bonchev–Trinajstić information content (AvgIpc) is 3.92. The number of amides is 1. The summed E-state index contributed by atoms with van der Waals surface area (Å²) >= 11 is 0. The monoisotopic (exact) mass is 760 g/mol. The standard InChI is InChI=1S/C42H68N2O10/c1-8-34(51-31(5)45)30(4)39-35(52-39)27-41(6,49)20-13-14-28(2)38-29(3)17-18-36(42(7,50)21-19-33(46)26-37(47)54-38)53-40(48)44-24-22-43(23-25-44)32-15-11-9-10-12-16-32/h13-14,17-18,20,29-30,32-36,38-39,46,49-50H,8-12,15-16,19,21-27H2,1-7H3/b18-17+,20-13+,28-14+/t29-,30+,33+,34-,35+,36-,38+,39+,41-,42+/m0/s1. The Morgan fingerprint density at radius 3 is 2.39 bits per heavy atom. The number of nitrogens with zero attached hydrogens (tertiary/aromatic N) is 2. The molecule has 0 spiro atoms. The fraction of sp³-hybridized carbons (Fsp3) is 0.786. The Hall–Kier alpha value is -2.77. The fourth-order valence-electron chi connectivity index (χ4n) is 8.27. The van der Waals surface area contributed by atoms with E-state index in [4.69, 9.17) is 18.9 Å². The maximum Gasteiger partial charge on any atom is 0.410 e. The number of esters is 2. The van der Waals surface area contributed by atoms with Gasteiger partial charge in [-0.15, -0.1) is 0 Å². The molecule has 2 saturated heterocycles. The highest BCUT2D eigenvalue weighted by Gasteiger charge is 2.48. The minimum Gasteiger partial charge on any atom is -0.462 e. The lowest BCUT2D eigenvalue weighted by Crippen LogP contribution is -2.53. The van der Waals surface area contributed by atoms with Crippen molar-refractivity contribution < 1.29 is 48.7 Å². The lowest BCUT2D eigenvalue weighted by atomic mass is 9.88. The zero-order chi connectivity index (χ0) is 39.6. The summed E-state index contributed by atoms with van der Waals surface area (Å²) in [6.07, 6.45) is 13.4. The molecule has 12 nitrogen and oxygen atoms in total. The van der Waals surface area contributed by atoms with Crippen LogP contribution in [0.2, 0.25) is 0 Å². The third-order valence-corrected chi connectivity index (χ3v) is 11.8. The predicted molar refractivity (Wildman–Crippen MR) is 205 cm³/mol. The van der Waals surface area contributed by atoms with Gasteiger partial charge in [-0.1, -0.05) is 70.8 Å². The van der Waals surface area contributed by atoms with E-state index in [0.29, 0.717) is 37.5 Å². The Morgan fingerprint density at radius 1 is 1.09 bits per heavy atom. The average molecular weight is 761 g/mol. The third kappa shape index (κ3) is 13.2. The Labute approximate surface area is 322 Å². The van der Waals surface area contributed by atoms with Crippen LogP contribution in [0.5, 0.6) is 0 Å². The smallest absolute Gasteiger partial charge is 0.410 e. The number of carbonyl (C=O) groups excluding carboxylic acids is 3. The second-order valence-electron chi connectivity index (χ2n) is 16.8. The van der Waals surface area contributed by atoms with E-state index in [-0.39, 0.29) is 55.4 Å². The first kappa shape index (κ1) is 44.0. The van der Waals surface area contributed by atoms with Crippen LogP contribution in [-0.2, 0) is 28.5 Å². The topological polar surface area (TPSA) is 159 Å². The number of hydrogen-bond donors (Lipinski definition) is 3. The Kier molecular flexibility index (Phi) is 16.2. The zero-order valence-corrected chi connectivity index (χ0v) is 33.8. The van der Waals surface area contributed by atoms with Crippen molar-refractivity contribution in [2.24, 2.45) is 11.8 Å². The second-order valence-corrected chi connectivity index (χ2v) is 16.8. The lowest BCUT2D eigenvalue weighted by Gasteiger charge is -2.40. The molecule has 0 aromatic rings. The van der Waals surface area contributed by atoms with Gasteiger partial charge in [0.1, 0.15) is 17.8 Å². The summed E-state index contributed by atoms with van der Waals surface area (Å²) in [5, 5.41) is 33.5. The summed E-state index contributed by atoms with van der Waals surface area (Å²) in [5.41, 5.74) is -1.98. The largest absolute Gasteiger partial charge is 0.462 e. The molecular formula is C42H68N2O10. The lowest BCUT2D eigenvalue weighted by molar-refractivity contribution is -0.152. The van der Waals surface area contributed by atoms with E-state index < -0.39 is 41.6 Å². The molecule has 3 aliphatic heterocycles. The van der Waals surface area contributed by atoms with Gasteiger partial charge in [-0.05, 0) is 64.5 Å². The first-order valence-electron chi connectivity index (χ1n) is 20.4. The number of epoxide rings is 1. The van der Waals surface area contributed by atoms with Crippen molar-refractivity contribution in [2.45, 2.75) is 173 Å². The molecule has 54 heavy (non-hydrogen) atoms. The van der Waals surface area contributed by atoms with Crippen LogP contribution >= 0.6 is 0 Å². The van der Waals surface area contributed by atoms with Gasteiger partial charge in [0.2, 0.25) is 0 Å². The normalized spacial score (nSPS) is 34.0. The van der Waals surface area contributed by atoms with Crippen LogP contribution in [-0.4, -0.2) is 123 Å². The number of rotatable bonds is 11. The molecule has 0 radical (unpaired) electrons. The molecule has 0 unspecified atom stereocenters. The van der Waals surface area contributed by atoms with Crippen LogP contribution in [0.15, 0.2) is 36.0 Å². The first-order chi connectivity index (χ1) is 25.5. The number of ether oxygens (including phenoxy) is 4. The number of carbonyl (C=O) groups is 3. The summed E-state index contributed by atoms with van der Waals surface area (Å²) in [4.78, 5) is 42.2. The van der Waals surface area contributed by atoms with Crippen LogP contribution in [0.25, 0.3) is 0 Å². The number of aliphatic hydroxyl groups excluding tert-OH is 1. The molecule has 0 bridgehead atoms. The minimum absolute atomic E-state index is 0.00662. The summed E-state index contributed by atoms with van der Waals surface area (Å²) in [6.45, 7) is 15.1. The maximum absolute atomic E-state index is 13.5. The molecule has 1 saturated carbocycles. The van der Waals surface area contributed by atoms with Gasteiger partial charge in [0.15, 0.2) is 6.10 Å². The summed E-state index contributed by atoms with van der Waals surface area (Å²) in [5.74, 6) is -1.28. The Balaban J connectivity index is 1.41. The van der Waals surface area contributed by atoms with Gasteiger partial charge in [0.25, 0.3) is 0 Å². The van der Waals surface area contributed by atoms with Gasteiger partial charge in [0, 0.05) is 57.4 Å². The van der Waals surface area contributed by atoms with Crippen molar-refractivity contribution in [1.82, 2.24) is 9.80 Å². The van der Waals surface area contributed by atoms with Crippen molar-refractivity contribution in [3.8, 4) is 0 Å². The van der Waals surface area contributed by atoms with Crippen LogP contribution in [0.3, 0.4) is 0 Å². The van der Waals surface area contributed by atoms with E-state index in [9.17, 15) is 29.7 Å². The highest BCUT2D eigenvalue weighted by molar-refractivity contribution is 5.70. The summed E-state index contributed by atoms with van der Waals surface area (Å²) in [6, 6.07) is 0.575. The molecule has 1 amide bonds. The number of hydrogen-bond acceptors (Lipinski definition) is 11. The zero-order valence-electron chi connectivity index (χ0n) is 33.8. The summed E-state index contributed by atoms with van der Waals surface area (Å²) in [7, 11) is 0. The number of cyclic esters (lactones) is 1. The molecule has 0 aromatic carbocycles. The maximum atomic E-state index is 13.5. The van der Waals surface area contributed by atoms with E-state index in [2.05, 4.69) is 4.90 Å². The van der Waals surface area contributed by atoms with Crippen molar-refractivity contribution in [3.63, 3.8) is 0 Å². The molecule has 306 valence electrons. The van der Waals surface area contributed by atoms with Gasteiger partial charge in [-0.2, -0.15) is 0 Å². The van der Waals surface area contributed by atoms with E-state index in [1.165, 1.54) is 45.4 Å². The molecule has 3 heterocycles. The Morgan fingerprint density at radius 2 is 1.76 bits per heavy atom. The van der Waals surface area contributed by atoms with E-state index in [1.807, 2.05) is 27.7 Å². The van der Waals surface area contributed by atoms with Gasteiger partial charge >= 0.3 is 18.0 Å².